The van der Waals surface area contributed by atoms with Gasteiger partial charge in [-0.1, -0.05) is 31.5 Å². The van der Waals surface area contributed by atoms with E-state index in [1.165, 1.54) is 16.7 Å². The molecule has 0 aliphatic carbocycles. The molecule has 0 amide bonds. The maximum atomic E-state index is 6.07. The van der Waals surface area contributed by atoms with Crippen molar-refractivity contribution in [3.63, 3.8) is 0 Å². The lowest BCUT2D eigenvalue weighted by Crippen LogP contribution is -2.26. The summed E-state index contributed by atoms with van der Waals surface area (Å²) in [4.78, 5) is 2.34. The first-order valence-corrected chi connectivity index (χ1v) is 6.01. The smallest absolute Gasteiger partial charge is 0.0438 e. The molecular weight excluding hydrogens is 206 g/mol. The first-order valence-electron chi connectivity index (χ1n) is 5.63. The standard InChI is InChI=1S/C11H14ClN.C2H6/c1-8-5-10-7-13(2)4-3-9(10)6-11(8)12;1-2/h5-6H,3-4,7H2,1-2H3;1-2H3. The van der Waals surface area contributed by atoms with Gasteiger partial charge in [-0.3, -0.25) is 0 Å². The Balaban J connectivity index is 0.000000531. The molecule has 0 saturated heterocycles. The first kappa shape index (κ1) is 12.5. The summed E-state index contributed by atoms with van der Waals surface area (Å²) in [5.74, 6) is 0. The third-order valence-electron chi connectivity index (χ3n) is 2.68. The normalized spacial score (nSPS) is 15.3. The number of aryl methyl sites for hydroxylation is 1. The molecule has 2 rings (SSSR count). The largest absolute Gasteiger partial charge is 0.302 e. The molecule has 0 aromatic heterocycles. The summed E-state index contributed by atoms with van der Waals surface area (Å²) < 4.78 is 0. The van der Waals surface area contributed by atoms with Crippen molar-refractivity contribution in [2.45, 2.75) is 33.7 Å². The topological polar surface area (TPSA) is 3.24 Å². The Bertz CT molecular complexity index is 334. The van der Waals surface area contributed by atoms with Crippen LogP contribution in [-0.4, -0.2) is 18.5 Å². The molecule has 0 atom stereocenters. The highest BCUT2D eigenvalue weighted by Crippen LogP contribution is 2.24. The number of benzene rings is 1. The average Bonchev–Trinajstić information content (AvgIpc) is 2.23. The van der Waals surface area contributed by atoms with Gasteiger partial charge in [0.25, 0.3) is 0 Å². The number of rotatable bonds is 0. The second-order valence-corrected chi connectivity index (χ2v) is 4.27. The minimum atomic E-state index is 0.906. The second kappa shape index (κ2) is 5.53. The van der Waals surface area contributed by atoms with E-state index in [4.69, 9.17) is 11.6 Å². The zero-order valence-corrected chi connectivity index (χ0v) is 10.9. The van der Waals surface area contributed by atoms with E-state index in [1.807, 2.05) is 13.8 Å². The summed E-state index contributed by atoms with van der Waals surface area (Å²) in [6.45, 7) is 8.27. The van der Waals surface area contributed by atoms with Gasteiger partial charge in [0.1, 0.15) is 0 Å². The molecule has 1 aromatic carbocycles. The number of halogens is 1. The summed E-state index contributed by atoms with van der Waals surface area (Å²) in [6, 6.07) is 4.34. The highest BCUT2D eigenvalue weighted by molar-refractivity contribution is 6.31. The second-order valence-electron chi connectivity index (χ2n) is 3.86. The average molecular weight is 226 g/mol. The van der Waals surface area contributed by atoms with Crippen LogP contribution in [0.4, 0.5) is 0 Å². The molecule has 15 heavy (non-hydrogen) atoms. The zero-order chi connectivity index (χ0) is 11.4. The molecule has 0 spiro atoms. The fraction of sp³-hybridized carbons (Fsp3) is 0.538. The SMILES string of the molecule is CC.Cc1cc2c(cc1Cl)CCN(C)C2. The van der Waals surface area contributed by atoms with Crippen LogP contribution in [0.2, 0.25) is 5.02 Å². The van der Waals surface area contributed by atoms with Gasteiger partial charge in [0, 0.05) is 18.1 Å². The molecule has 0 N–H and O–H groups in total. The van der Waals surface area contributed by atoms with Crippen molar-refractivity contribution in [1.82, 2.24) is 4.90 Å². The van der Waals surface area contributed by atoms with Crippen molar-refractivity contribution < 1.29 is 0 Å². The monoisotopic (exact) mass is 225 g/mol. The quantitative estimate of drug-likeness (QED) is 0.652. The van der Waals surface area contributed by atoms with Crippen molar-refractivity contribution in [2.24, 2.45) is 0 Å². The Kier molecular flexibility index (Phi) is 4.62. The van der Waals surface area contributed by atoms with Gasteiger partial charge < -0.3 is 4.90 Å². The zero-order valence-electron chi connectivity index (χ0n) is 10.1. The van der Waals surface area contributed by atoms with Crippen LogP contribution in [-0.2, 0) is 13.0 Å². The van der Waals surface area contributed by atoms with Gasteiger partial charge in [-0.2, -0.15) is 0 Å². The molecule has 0 fully saturated rings. The van der Waals surface area contributed by atoms with Crippen LogP contribution in [0, 0.1) is 6.92 Å². The molecule has 1 nitrogen and oxygen atoms in total. The van der Waals surface area contributed by atoms with Gasteiger partial charge in [0.05, 0.1) is 0 Å². The van der Waals surface area contributed by atoms with E-state index in [0.29, 0.717) is 0 Å². The summed E-state index contributed by atoms with van der Waals surface area (Å²) in [6.07, 6.45) is 1.13. The number of hydrogen-bond donors (Lipinski definition) is 0. The molecule has 1 aliphatic heterocycles. The van der Waals surface area contributed by atoms with E-state index in [1.54, 1.807) is 0 Å². The Hall–Kier alpha value is -0.530. The molecule has 2 heteroatoms. The Morgan fingerprint density at radius 2 is 1.87 bits per heavy atom. The molecule has 1 aliphatic rings. The highest BCUT2D eigenvalue weighted by Gasteiger charge is 2.13. The summed E-state index contributed by atoms with van der Waals surface area (Å²) >= 11 is 6.07. The lowest BCUT2D eigenvalue weighted by Gasteiger charge is -2.25. The van der Waals surface area contributed by atoms with Gasteiger partial charge >= 0.3 is 0 Å². The number of fused-ring (bicyclic) bond motifs is 1. The third-order valence-corrected chi connectivity index (χ3v) is 3.09. The van der Waals surface area contributed by atoms with Gasteiger partial charge in [-0.15, -0.1) is 0 Å². The van der Waals surface area contributed by atoms with Gasteiger partial charge in [0.15, 0.2) is 0 Å². The van der Waals surface area contributed by atoms with E-state index in [0.717, 1.165) is 24.5 Å². The first-order chi connectivity index (χ1) is 7.16. The predicted molar refractivity (Wildman–Crippen MR) is 67.6 cm³/mol. The fourth-order valence-corrected chi connectivity index (χ4v) is 2.03. The molecule has 1 aromatic rings. The van der Waals surface area contributed by atoms with Gasteiger partial charge in [-0.05, 0) is 43.1 Å². The van der Waals surface area contributed by atoms with E-state index in [9.17, 15) is 0 Å². The van der Waals surface area contributed by atoms with Crippen LogP contribution in [0.25, 0.3) is 0 Å². The minimum Gasteiger partial charge on any atom is -0.302 e. The summed E-state index contributed by atoms with van der Waals surface area (Å²) in [5.41, 5.74) is 4.06. The third kappa shape index (κ3) is 2.96. The molecule has 0 saturated carbocycles. The molecule has 0 bridgehead atoms. The highest BCUT2D eigenvalue weighted by atomic mass is 35.5. The van der Waals surface area contributed by atoms with Crippen molar-refractivity contribution in [2.75, 3.05) is 13.6 Å². The van der Waals surface area contributed by atoms with E-state index in [-0.39, 0.29) is 0 Å². The van der Waals surface area contributed by atoms with Crippen LogP contribution >= 0.6 is 11.6 Å². The molecule has 0 radical (unpaired) electrons. The van der Waals surface area contributed by atoms with Crippen LogP contribution in [0.5, 0.6) is 0 Å². The molecular formula is C13H20ClN. The fourth-order valence-electron chi connectivity index (χ4n) is 1.84. The van der Waals surface area contributed by atoms with Crippen LogP contribution in [0.15, 0.2) is 12.1 Å². The lowest BCUT2D eigenvalue weighted by atomic mass is 9.98. The molecule has 1 heterocycles. The maximum Gasteiger partial charge on any atom is 0.0438 e. The molecule has 0 unspecified atom stereocenters. The van der Waals surface area contributed by atoms with E-state index >= 15 is 0 Å². The number of hydrogen-bond acceptors (Lipinski definition) is 1. The number of likely N-dealkylation sites (N-methyl/N-ethyl adjacent to an activating group) is 1. The van der Waals surface area contributed by atoms with Crippen LogP contribution in [0.3, 0.4) is 0 Å². The minimum absolute atomic E-state index is 0.906. The molecule has 84 valence electrons. The van der Waals surface area contributed by atoms with E-state index < -0.39 is 0 Å². The summed E-state index contributed by atoms with van der Waals surface area (Å²) in [5, 5.41) is 0.906. The van der Waals surface area contributed by atoms with Crippen LogP contribution in [0.1, 0.15) is 30.5 Å². The van der Waals surface area contributed by atoms with Crippen molar-refractivity contribution >= 4 is 11.6 Å². The summed E-state index contributed by atoms with van der Waals surface area (Å²) in [7, 11) is 2.16. The van der Waals surface area contributed by atoms with E-state index in [2.05, 4.69) is 31.0 Å². The predicted octanol–water partition coefficient (Wildman–Crippen LogP) is 3.66. The Morgan fingerprint density at radius 1 is 1.20 bits per heavy atom. The lowest BCUT2D eigenvalue weighted by molar-refractivity contribution is 0.313. The van der Waals surface area contributed by atoms with Crippen molar-refractivity contribution in [1.29, 1.82) is 0 Å². The maximum absolute atomic E-state index is 6.07. The number of nitrogens with zero attached hydrogens (tertiary/aromatic N) is 1. The van der Waals surface area contributed by atoms with Gasteiger partial charge in [0.2, 0.25) is 0 Å². The van der Waals surface area contributed by atoms with Crippen molar-refractivity contribution in [3.8, 4) is 0 Å². The Morgan fingerprint density at radius 3 is 2.53 bits per heavy atom. The van der Waals surface area contributed by atoms with Gasteiger partial charge in [-0.25, -0.2) is 0 Å². The Labute approximate surface area is 98.0 Å². The van der Waals surface area contributed by atoms with Crippen molar-refractivity contribution in [3.05, 3.63) is 33.8 Å². The van der Waals surface area contributed by atoms with Crippen LogP contribution < -0.4 is 0 Å².